The Labute approximate surface area is 150 Å². The second-order valence-electron chi connectivity index (χ2n) is 7.10. The van der Waals surface area contributed by atoms with Crippen LogP contribution in [0.5, 0.6) is 0 Å². The summed E-state index contributed by atoms with van der Waals surface area (Å²) in [6.45, 7) is 5.60. The zero-order chi connectivity index (χ0) is 18.6. The van der Waals surface area contributed by atoms with Crippen LogP contribution in [-0.2, 0) is 17.3 Å². The fraction of sp³-hybridized carbons (Fsp3) is 0.263. The highest BCUT2D eigenvalue weighted by Crippen LogP contribution is 2.37. The Balaban J connectivity index is 1.65. The molecule has 0 radical (unpaired) electrons. The number of carbonyl (C=O) groups excluding carboxylic acids is 2. The van der Waals surface area contributed by atoms with Crippen molar-refractivity contribution in [1.29, 1.82) is 0 Å². The van der Waals surface area contributed by atoms with E-state index in [2.05, 4.69) is 20.7 Å². The number of fused-ring (bicyclic) bond motifs is 2. The zero-order valence-electron chi connectivity index (χ0n) is 15.0. The van der Waals surface area contributed by atoms with E-state index in [0.717, 1.165) is 28.0 Å². The number of hydrogen-bond donors (Lipinski definition) is 2. The molecule has 2 aromatic heterocycles. The highest BCUT2D eigenvalue weighted by molar-refractivity contribution is 6.09. The van der Waals surface area contributed by atoms with Crippen molar-refractivity contribution >= 4 is 34.2 Å². The van der Waals surface area contributed by atoms with Crippen LogP contribution >= 0.6 is 0 Å². The van der Waals surface area contributed by atoms with Crippen molar-refractivity contribution in [3.05, 3.63) is 47.3 Å². The van der Waals surface area contributed by atoms with Crippen LogP contribution in [0.15, 0.2) is 30.5 Å². The molecule has 1 aliphatic rings. The van der Waals surface area contributed by atoms with E-state index in [1.54, 1.807) is 29.1 Å². The molecule has 0 fully saturated rings. The lowest BCUT2D eigenvalue weighted by Crippen LogP contribution is -2.27. The number of carbonyl (C=O) groups is 2. The van der Waals surface area contributed by atoms with Crippen molar-refractivity contribution in [1.82, 2.24) is 14.8 Å². The van der Waals surface area contributed by atoms with Gasteiger partial charge < -0.3 is 10.6 Å². The third kappa shape index (κ3) is 2.35. The second-order valence-corrected chi connectivity index (χ2v) is 7.10. The van der Waals surface area contributed by atoms with E-state index in [1.807, 2.05) is 33.9 Å². The molecule has 2 amide bonds. The molecule has 0 unspecified atom stereocenters. The zero-order valence-corrected chi connectivity index (χ0v) is 15.0. The summed E-state index contributed by atoms with van der Waals surface area (Å²) >= 11 is 0. The fourth-order valence-corrected chi connectivity index (χ4v) is 3.29. The van der Waals surface area contributed by atoms with Gasteiger partial charge in [0, 0.05) is 23.7 Å². The number of amides is 2. The van der Waals surface area contributed by atoms with Gasteiger partial charge >= 0.3 is 0 Å². The lowest BCUT2D eigenvalue weighted by atomic mass is 9.85. The Morgan fingerprint density at radius 2 is 2.04 bits per heavy atom. The monoisotopic (exact) mass is 349 g/mol. The number of pyridine rings is 1. The molecule has 4 rings (SSSR count). The first kappa shape index (κ1) is 16.3. The van der Waals surface area contributed by atoms with Gasteiger partial charge in [-0.2, -0.15) is 5.10 Å². The average molecular weight is 349 g/mol. The Morgan fingerprint density at radius 1 is 1.27 bits per heavy atom. The predicted molar refractivity (Wildman–Crippen MR) is 99.3 cm³/mol. The fourth-order valence-electron chi connectivity index (χ4n) is 3.29. The van der Waals surface area contributed by atoms with Crippen LogP contribution in [0, 0.1) is 6.92 Å². The minimum absolute atomic E-state index is 0.0632. The van der Waals surface area contributed by atoms with Crippen LogP contribution in [0.25, 0.3) is 11.0 Å². The van der Waals surface area contributed by atoms with Gasteiger partial charge in [-0.3, -0.25) is 14.3 Å². The van der Waals surface area contributed by atoms with Crippen LogP contribution in [-0.4, -0.2) is 26.6 Å². The largest absolute Gasteiger partial charge is 0.325 e. The van der Waals surface area contributed by atoms with Crippen molar-refractivity contribution in [2.45, 2.75) is 26.2 Å². The van der Waals surface area contributed by atoms with Gasteiger partial charge in [-0.05, 0) is 50.6 Å². The molecule has 132 valence electrons. The minimum atomic E-state index is -0.654. The number of nitrogens with one attached hydrogen (secondary N) is 2. The highest BCUT2D eigenvalue weighted by Gasteiger charge is 2.38. The summed E-state index contributed by atoms with van der Waals surface area (Å²) in [5, 5.41) is 10.9. The normalized spacial score (nSPS) is 15.0. The molecule has 3 heterocycles. The number of rotatable bonds is 2. The number of aryl methyl sites for hydroxylation is 2. The third-order valence-electron chi connectivity index (χ3n) is 4.89. The lowest BCUT2D eigenvalue weighted by Gasteiger charge is -2.15. The van der Waals surface area contributed by atoms with Crippen molar-refractivity contribution in [3.8, 4) is 0 Å². The lowest BCUT2D eigenvalue weighted by molar-refractivity contribution is -0.119. The van der Waals surface area contributed by atoms with Crippen LogP contribution in [0.3, 0.4) is 0 Å². The maximum absolute atomic E-state index is 12.7. The van der Waals surface area contributed by atoms with Gasteiger partial charge in [-0.25, -0.2) is 4.98 Å². The van der Waals surface area contributed by atoms with Crippen LogP contribution in [0.1, 0.15) is 35.5 Å². The van der Waals surface area contributed by atoms with E-state index in [1.165, 1.54) is 0 Å². The number of hydrogen-bond acceptors (Lipinski definition) is 4. The first-order valence-corrected chi connectivity index (χ1v) is 8.34. The number of benzene rings is 1. The van der Waals surface area contributed by atoms with Crippen molar-refractivity contribution < 1.29 is 9.59 Å². The van der Waals surface area contributed by atoms with E-state index in [9.17, 15) is 9.59 Å². The average Bonchev–Trinajstić information content (AvgIpc) is 3.00. The highest BCUT2D eigenvalue weighted by atomic mass is 16.2. The smallest absolute Gasteiger partial charge is 0.255 e. The SMILES string of the molecule is Cc1nn(C)c2ncc(NC(=O)c3ccc4c(c3)C(C)(C)C(=O)N4)cc12. The standard InChI is InChI=1S/C19H19N5O2/c1-10-13-8-12(9-20-16(13)24(4)23-10)21-17(25)11-5-6-15-14(7-11)19(2,3)18(26)22-15/h5-9H,1-4H3,(H,21,25)(H,22,26). The Kier molecular flexibility index (Phi) is 3.37. The summed E-state index contributed by atoms with van der Waals surface area (Å²) in [6.07, 6.45) is 1.61. The van der Waals surface area contributed by atoms with Gasteiger partial charge in [0.05, 0.1) is 23.0 Å². The molecule has 1 aromatic carbocycles. The molecule has 3 aromatic rings. The molecule has 0 saturated heterocycles. The summed E-state index contributed by atoms with van der Waals surface area (Å²) < 4.78 is 1.71. The Bertz CT molecular complexity index is 1080. The third-order valence-corrected chi connectivity index (χ3v) is 4.89. The maximum Gasteiger partial charge on any atom is 0.255 e. The molecule has 0 bridgehead atoms. The van der Waals surface area contributed by atoms with Gasteiger partial charge in [0.25, 0.3) is 5.91 Å². The topological polar surface area (TPSA) is 88.9 Å². The van der Waals surface area contributed by atoms with Gasteiger partial charge in [-0.1, -0.05) is 0 Å². The first-order chi connectivity index (χ1) is 12.3. The van der Waals surface area contributed by atoms with Crippen LogP contribution in [0.4, 0.5) is 11.4 Å². The van der Waals surface area contributed by atoms with E-state index in [4.69, 9.17) is 0 Å². The maximum atomic E-state index is 12.7. The molecule has 26 heavy (non-hydrogen) atoms. The van der Waals surface area contributed by atoms with E-state index in [0.29, 0.717) is 11.3 Å². The second kappa shape index (κ2) is 5.39. The van der Waals surface area contributed by atoms with Gasteiger partial charge in [0.2, 0.25) is 5.91 Å². The van der Waals surface area contributed by atoms with Gasteiger partial charge in [0.15, 0.2) is 5.65 Å². The number of anilines is 2. The van der Waals surface area contributed by atoms with E-state index in [-0.39, 0.29) is 11.8 Å². The molecule has 7 nitrogen and oxygen atoms in total. The quantitative estimate of drug-likeness (QED) is 0.744. The number of aromatic nitrogens is 3. The molecule has 0 spiro atoms. The van der Waals surface area contributed by atoms with Crippen molar-refractivity contribution in [3.63, 3.8) is 0 Å². The molecule has 7 heteroatoms. The summed E-state index contributed by atoms with van der Waals surface area (Å²) in [5.74, 6) is -0.308. The van der Waals surface area contributed by atoms with E-state index >= 15 is 0 Å². The molecule has 0 aliphatic carbocycles. The first-order valence-electron chi connectivity index (χ1n) is 8.34. The van der Waals surface area contributed by atoms with Crippen LogP contribution < -0.4 is 10.6 Å². The van der Waals surface area contributed by atoms with Gasteiger partial charge in [0.1, 0.15) is 0 Å². The predicted octanol–water partition coefficient (Wildman–Crippen LogP) is 2.76. The molecule has 0 saturated carbocycles. The minimum Gasteiger partial charge on any atom is -0.325 e. The molecule has 2 N–H and O–H groups in total. The summed E-state index contributed by atoms with van der Waals surface area (Å²) in [5.41, 5.74) is 3.65. The molecular weight excluding hydrogens is 330 g/mol. The summed E-state index contributed by atoms with van der Waals surface area (Å²) in [7, 11) is 1.84. The van der Waals surface area contributed by atoms with Gasteiger partial charge in [-0.15, -0.1) is 0 Å². The Morgan fingerprint density at radius 3 is 2.81 bits per heavy atom. The molecule has 1 aliphatic heterocycles. The summed E-state index contributed by atoms with van der Waals surface area (Å²) in [4.78, 5) is 29.1. The molecular formula is C19H19N5O2. The molecule has 0 atom stereocenters. The van der Waals surface area contributed by atoms with Crippen molar-refractivity contribution in [2.24, 2.45) is 7.05 Å². The number of nitrogens with zero attached hydrogens (tertiary/aromatic N) is 3. The van der Waals surface area contributed by atoms with Crippen LogP contribution in [0.2, 0.25) is 0 Å². The van der Waals surface area contributed by atoms with E-state index < -0.39 is 5.41 Å². The van der Waals surface area contributed by atoms with Crippen molar-refractivity contribution in [2.75, 3.05) is 10.6 Å². The summed E-state index contributed by atoms with van der Waals surface area (Å²) in [6, 6.07) is 7.11. The Hall–Kier alpha value is -3.22.